The third kappa shape index (κ3) is 4.98. The zero-order chi connectivity index (χ0) is 16.1. The maximum absolute atomic E-state index is 12.1. The van der Waals surface area contributed by atoms with Crippen molar-refractivity contribution in [3.63, 3.8) is 0 Å². The Labute approximate surface area is 152 Å². The van der Waals surface area contributed by atoms with Crippen LogP contribution in [0, 0.1) is 0 Å². The molecule has 1 aliphatic heterocycles. The Morgan fingerprint density at radius 2 is 1.88 bits per heavy atom. The van der Waals surface area contributed by atoms with Gasteiger partial charge in [-0.1, -0.05) is 48.2 Å². The highest BCUT2D eigenvalue weighted by Gasteiger charge is 2.27. The van der Waals surface area contributed by atoms with Crippen LogP contribution in [-0.4, -0.2) is 29.7 Å². The van der Waals surface area contributed by atoms with Gasteiger partial charge in [-0.15, -0.1) is 12.4 Å². The maximum Gasteiger partial charge on any atom is 0.237 e. The number of aliphatic hydroxyl groups excluding tert-OH is 1. The largest absolute Gasteiger partial charge is 0.392 e. The maximum atomic E-state index is 12.1. The fourth-order valence-corrected chi connectivity index (χ4v) is 3.55. The zero-order valence-corrected chi connectivity index (χ0v) is 14.8. The van der Waals surface area contributed by atoms with Gasteiger partial charge >= 0.3 is 0 Å². The van der Waals surface area contributed by atoms with Gasteiger partial charge in [0.25, 0.3) is 0 Å². The number of halogens is 1. The molecule has 2 unspecified atom stereocenters. The number of carbonyl (C=O) groups excluding carboxylic acids is 1. The molecule has 0 radical (unpaired) electrons. The van der Waals surface area contributed by atoms with Crippen LogP contribution in [0.1, 0.15) is 12.0 Å². The Bertz CT molecular complexity index is 669. The molecule has 2 aromatic carbocycles. The van der Waals surface area contributed by atoms with Gasteiger partial charge in [-0.25, -0.2) is 0 Å². The first kappa shape index (κ1) is 18.8. The van der Waals surface area contributed by atoms with Crippen molar-refractivity contribution >= 4 is 30.1 Å². The van der Waals surface area contributed by atoms with Crippen LogP contribution in [0.4, 0.5) is 0 Å². The summed E-state index contributed by atoms with van der Waals surface area (Å²) < 4.78 is 0. The van der Waals surface area contributed by atoms with Crippen molar-refractivity contribution in [2.24, 2.45) is 0 Å². The van der Waals surface area contributed by atoms with Crippen molar-refractivity contribution in [2.75, 3.05) is 6.54 Å². The van der Waals surface area contributed by atoms with E-state index in [9.17, 15) is 9.90 Å². The molecule has 0 saturated carbocycles. The van der Waals surface area contributed by atoms with Crippen LogP contribution in [0.25, 0.3) is 0 Å². The summed E-state index contributed by atoms with van der Waals surface area (Å²) in [5, 5.41) is 15.5. The molecule has 1 aliphatic rings. The number of benzene rings is 2. The molecule has 128 valence electrons. The topological polar surface area (TPSA) is 61.4 Å². The average Bonchev–Trinajstić information content (AvgIpc) is 3.01. The van der Waals surface area contributed by atoms with Gasteiger partial charge in [0.2, 0.25) is 5.91 Å². The van der Waals surface area contributed by atoms with Crippen molar-refractivity contribution in [3.05, 3.63) is 60.2 Å². The SMILES string of the molecule is Cl.O=C(NCc1ccccc1Sc1ccccc1)C1CC(O)CN1. The minimum absolute atomic E-state index is 0. The first-order chi connectivity index (χ1) is 11.2. The standard InChI is InChI=1S/C18H20N2O2S.ClH/c21-14-10-16(19-12-14)18(22)20-11-13-6-4-5-9-17(13)23-15-7-2-1-3-8-15;/h1-9,14,16,19,21H,10-12H2,(H,20,22);1H. The molecule has 1 amide bonds. The fourth-order valence-electron chi connectivity index (χ4n) is 2.59. The summed E-state index contributed by atoms with van der Waals surface area (Å²) >= 11 is 1.69. The Morgan fingerprint density at radius 3 is 2.58 bits per heavy atom. The van der Waals surface area contributed by atoms with Gasteiger partial charge in [-0.2, -0.15) is 0 Å². The van der Waals surface area contributed by atoms with E-state index in [2.05, 4.69) is 28.8 Å². The average molecular weight is 365 g/mol. The first-order valence-electron chi connectivity index (χ1n) is 7.72. The molecule has 2 aromatic rings. The van der Waals surface area contributed by atoms with Crippen molar-refractivity contribution in [1.82, 2.24) is 10.6 Å². The number of carbonyl (C=O) groups is 1. The normalized spacial score (nSPS) is 19.5. The second-order valence-corrected chi connectivity index (χ2v) is 6.71. The predicted molar refractivity (Wildman–Crippen MR) is 98.5 cm³/mol. The lowest BCUT2D eigenvalue weighted by molar-refractivity contribution is -0.123. The molecule has 0 aromatic heterocycles. The molecule has 1 fully saturated rings. The molecule has 3 N–H and O–H groups in total. The third-order valence-corrected chi connectivity index (χ3v) is 4.95. The van der Waals surface area contributed by atoms with Crippen LogP contribution in [-0.2, 0) is 11.3 Å². The molecule has 6 heteroatoms. The predicted octanol–water partition coefficient (Wildman–Crippen LogP) is 2.60. The quantitative estimate of drug-likeness (QED) is 0.763. The van der Waals surface area contributed by atoms with Crippen molar-refractivity contribution in [2.45, 2.75) is 34.9 Å². The van der Waals surface area contributed by atoms with Gasteiger partial charge in [0.15, 0.2) is 0 Å². The van der Waals surface area contributed by atoms with E-state index in [1.54, 1.807) is 11.8 Å². The molecule has 0 aliphatic carbocycles. The molecule has 1 saturated heterocycles. The van der Waals surface area contributed by atoms with Gasteiger partial charge in [0.1, 0.15) is 0 Å². The van der Waals surface area contributed by atoms with E-state index in [-0.39, 0.29) is 24.4 Å². The molecule has 0 spiro atoms. The lowest BCUT2D eigenvalue weighted by atomic mass is 10.2. The number of hydrogen-bond donors (Lipinski definition) is 3. The number of aliphatic hydroxyl groups is 1. The summed E-state index contributed by atoms with van der Waals surface area (Å²) in [6.45, 7) is 0.974. The van der Waals surface area contributed by atoms with Crippen LogP contribution in [0.3, 0.4) is 0 Å². The van der Waals surface area contributed by atoms with E-state index >= 15 is 0 Å². The summed E-state index contributed by atoms with van der Waals surface area (Å²) in [6, 6.07) is 18.0. The summed E-state index contributed by atoms with van der Waals surface area (Å²) in [5.74, 6) is -0.0546. The highest BCUT2D eigenvalue weighted by molar-refractivity contribution is 7.99. The van der Waals surface area contributed by atoms with Crippen LogP contribution in [0.5, 0.6) is 0 Å². The van der Waals surface area contributed by atoms with Gasteiger partial charge < -0.3 is 15.7 Å². The van der Waals surface area contributed by atoms with E-state index in [1.807, 2.05) is 36.4 Å². The Hall–Kier alpha value is -1.53. The fraction of sp³-hybridized carbons (Fsp3) is 0.278. The summed E-state index contributed by atoms with van der Waals surface area (Å²) in [6.07, 6.45) is 0.0540. The van der Waals surface area contributed by atoms with Crippen LogP contribution in [0.15, 0.2) is 64.4 Å². The van der Waals surface area contributed by atoms with E-state index in [0.29, 0.717) is 19.5 Å². The van der Waals surface area contributed by atoms with Crippen molar-refractivity contribution < 1.29 is 9.90 Å². The Kier molecular flexibility index (Phi) is 7.12. The summed E-state index contributed by atoms with van der Waals surface area (Å²) in [7, 11) is 0. The molecule has 3 rings (SSSR count). The minimum atomic E-state index is -0.424. The molecule has 2 atom stereocenters. The van der Waals surface area contributed by atoms with Crippen LogP contribution < -0.4 is 10.6 Å². The monoisotopic (exact) mass is 364 g/mol. The molecule has 1 heterocycles. The van der Waals surface area contributed by atoms with Crippen molar-refractivity contribution in [1.29, 1.82) is 0 Å². The minimum Gasteiger partial charge on any atom is -0.392 e. The first-order valence-corrected chi connectivity index (χ1v) is 8.54. The van der Waals surface area contributed by atoms with E-state index < -0.39 is 6.10 Å². The number of rotatable bonds is 5. The summed E-state index contributed by atoms with van der Waals surface area (Å²) in [5.41, 5.74) is 1.09. The second kappa shape index (κ2) is 9.08. The number of β-amino-alcohol motifs (C(OH)–C–C–N with tert-alkyl or cyclic N) is 1. The second-order valence-electron chi connectivity index (χ2n) is 5.59. The smallest absolute Gasteiger partial charge is 0.237 e. The Morgan fingerprint density at radius 1 is 1.17 bits per heavy atom. The van der Waals surface area contributed by atoms with Crippen molar-refractivity contribution in [3.8, 4) is 0 Å². The highest BCUT2D eigenvalue weighted by Crippen LogP contribution is 2.30. The van der Waals surface area contributed by atoms with E-state index in [0.717, 1.165) is 10.5 Å². The number of nitrogens with one attached hydrogen (secondary N) is 2. The van der Waals surface area contributed by atoms with Gasteiger partial charge in [-0.05, 0) is 30.2 Å². The van der Waals surface area contributed by atoms with Crippen LogP contribution in [0.2, 0.25) is 0 Å². The van der Waals surface area contributed by atoms with Crippen LogP contribution >= 0.6 is 24.2 Å². The molecule has 0 bridgehead atoms. The lowest BCUT2D eigenvalue weighted by Crippen LogP contribution is -2.40. The van der Waals surface area contributed by atoms with Gasteiger partial charge in [0.05, 0.1) is 12.1 Å². The van der Waals surface area contributed by atoms with E-state index in [1.165, 1.54) is 4.90 Å². The van der Waals surface area contributed by atoms with Gasteiger partial charge in [0, 0.05) is 22.9 Å². The van der Waals surface area contributed by atoms with Gasteiger partial charge in [-0.3, -0.25) is 4.79 Å². The summed E-state index contributed by atoms with van der Waals surface area (Å²) in [4.78, 5) is 14.5. The number of amides is 1. The van der Waals surface area contributed by atoms with E-state index in [4.69, 9.17) is 0 Å². The zero-order valence-electron chi connectivity index (χ0n) is 13.1. The lowest BCUT2D eigenvalue weighted by Gasteiger charge is -2.13. The Balaban J connectivity index is 0.00000208. The third-order valence-electron chi connectivity index (χ3n) is 3.82. The highest BCUT2D eigenvalue weighted by atomic mass is 35.5. The number of hydrogen-bond acceptors (Lipinski definition) is 4. The molecular weight excluding hydrogens is 344 g/mol. The molecule has 4 nitrogen and oxygen atoms in total. The molecular formula is C18H21ClN2O2S. The molecule has 24 heavy (non-hydrogen) atoms.